The third-order valence-electron chi connectivity index (χ3n) is 6.61. The smallest absolute Gasteiger partial charge is 0.0770 e. The zero-order chi connectivity index (χ0) is 21.1. The first-order valence-corrected chi connectivity index (χ1v) is 11.0. The van der Waals surface area contributed by atoms with E-state index in [1.54, 1.807) is 0 Å². The van der Waals surface area contributed by atoms with Crippen LogP contribution < -0.4 is 4.90 Å². The summed E-state index contributed by atoms with van der Waals surface area (Å²) in [6.07, 6.45) is 6.38. The van der Waals surface area contributed by atoms with E-state index in [0.29, 0.717) is 0 Å². The molecule has 2 aliphatic rings. The largest absolute Gasteiger partial charge is 0.309 e. The highest BCUT2D eigenvalue weighted by atomic mass is 15.2. The summed E-state index contributed by atoms with van der Waals surface area (Å²) in [6, 6.07) is 34.9. The highest BCUT2D eigenvalue weighted by Gasteiger charge is 2.33. The van der Waals surface area contributed by atoms with Crippen molar-refractivity contribution in [2.24, 2.45) is 0 Å². The topological polar surface area (TPSA) is 8.17 Å². The highest BCUT2D eigenvalue weighted by molar-refractivity contribution is 6.09. The molecule has 7 rings (SSSR count). The molecule has 1 aliphatic heterocycles. The van der Waals surface area contributed by atoms with E-state index in [-0.39, 0.29) is 5.92 Å². The predicted molar refractivity (Wildman–Crippen MR) is 133 cm³/mol. The van der Waals surface area contributed by atoms with Crippen LogP contribution >= 0.6 is 0 Å². The third-order valence-corrected chi connectivity index (χ3v) is 6.61. The lowest BCUT2D eigenvalue weighted by molar-refractivity contribution is 1.01. The van der Waals surface area contributed by atoms with Gasteiger partial charge in [0, 0.05) is 22.1 Å². The number of allylic oxidation sites excluding steroid dienone is 2. The first-order valence-electron chi connectivity index (χ1n) is 11.0. The van der Waals surface area contributed by atoms with Gasteiger partial charge < -0.3 is 9.47 Å². The van der Waals surface area contributed by atoms with Crippen LogP contribution in [0, 0.1) is 0 Å². The normalized spacial score (nSPS) is 16.4. The van der Waals surface area contributed by atoms with Crippen LogP contribution in [0.1, 0.15) is 11.5 Å². The average molecular weight is 409 g/mol. The van der Waals surface area contributed by atoms with Gasteiger partial charge in [-0.25, -0.2) is 0 Å². The van der Waals surface area contributed by atoms with E-state index in [1.165, 1.54) is 38.8 Å². The van der Waals surface area contributed by atoms with Gasteiger partial charge >= 0.3 is 0 Å². The second-order valence-corrected chi connectivity index (χ2v) is 8.34. The summed E-state index contributed by atoms with van der Waals surface area (Å²) >= 11 is 0. The van der Waals surface area contributed by atoms with Crippen molar-refractivity contribution in [3.8, 4) is 5.69 Å². The number of nitrogens with zero attached hydrogens (tertiary/aromatic N) is 2. The number of rotatable bonds is 2. The molecule has 2 nitrogen and oxygen atoms in total. The molecule has 0 fully saturated rings. The molecule has 1 aromatic heterocycles. The molecular weight excluding hydrogens is 388 g/mol. The first kappa shape index (κ1) is 17.4. The summed E-state index contributed by atoms with van der Waals surface area (Å²) in [5, 5.41) is 2.56. The summed E-state index contributed by atoms with van der Waals surface area (Å²) < 4.78 is 2.37. The molecule has 0 N–H and O–H groups in total. The summed E-state index contributed by atoms with van der Waals surface area (Å²) in [6.45, 7) is 0. The van der Waals surface area contributed by atoms with Crippen LogP contribution in [-0.4, -0.2) is 4.57 Å². The summed E-state index contributed by atoms with van der Waals surface area (Å²) in [5.41, 5.74) is 12.0. The lowest BCUT2D eigenvalue weighted by Crippen LogP contribution is -2.13. The minimum Gasteiger partial charge on any atom is -0.309 e. The Morgan fingerprint density at radius 3 is 2.16 bits per heavy atom. The second kappa shape index (κ2) is 6.62. The summed E-state index contributed by atoms with van der Waals surface area (Å²) in [7, 11) is 0. The third kappa shape index (κ3) is 2.36. The Morgan fingerprint density at radius 2 is 1.34 bits per heavy atom. The van der Waals surface area contributed by atoms with Crippen molar-refractivity contribution in [2.45, 2.75) is 5.92 Å². The molecule has 0 radical (unpaired) electrons. The molecule has 150 valence electrons. The number of aromatic nitrogens is 1. The van der Waals surface area contributed by atoms with Crippen LogP contribution in [0.5, 0.6) is 0 Å². The zero-order valence-corrected chi connectivity index (χ0v) is 17.4. The summed E-state index contributed by atoms with van der Waals surface area (Å²) in [5.74, 6) is 0.257. The lowest BCUT2D eigenvalue weighted by atomic mass is 9.97. The quantitative estimate of drug-likeness (QED) is 0.273. The SMILES string of the molecule is C1=CC=CC2C=1N(c1cccc(-n3c4ccccc4c4ccccc43)c1)c1ccccc12. The van der Waals surface area contributed by atoms with Gasteiger partial charge in [0.2, 0.25) is 0 Å². The van der Waals surface area contributed by atoms with Crippen molar-refractivity contribution in [2.75, 3.05) is 4.90 Å². The molecule has 2 heteroatoms. The van der Waals surface area contributed by atoms with Gasteiger partial charge in [-0.1, -0.05) is 78.5 Å². The van der Waals surface area contributed by atoms with Gasteiger partial charge in [-0.3, -0.25) is 0 Å². The van der Waals surface area contributed by atoms with Gasteiger partial charge in [0.25, 0.3) is 0 Å². The maximum Gasteiger partial charge on any atom is 0.0770 e. The monoisotopic (exact) mass is 408 g/mol. The van der Waals surface area contributed by atoms with Gasteiger partial charge in [-0.2, -0.15) is 0 Å². The molecule has 0 amide bonds. The van der Waals surface area contributed by atoms with E-state index >= 15 is 0 Å². The second-order valence-electron chi connectivity index (χ2n) is 8.34. The molecule has 1 aliphatic carbocycles. The summed E-state index contributed by atoms with van der Waals surface area (Å²) in [4.78, 5) is 2.36. The lowest BCUT2D eigenvalue weighted by Gasteiger charge is -2.23. The Morgan fingerprint density at radius 1 is 0.656 bits per heavy atom. The van der Waals surface area contributed by atoms with E-state index in [0.717, 1.165) is 11.4 Å². The Kier molecular flexibility index (Phi) is 3.60. The van der Waals surface area contributed by atoms with Crippen LogP contribution in [0.2, 0.25) is 0 Å². The molecule has 0 saturated carbocycles. The highest BCUT2D eigenvalue weighted by Crippen LogP contribution is 2.49. The van der Waals surface area contributed by atoms with Crippen LogP contribution in [-0.2, 0) is 0 Å². The first-order chi connectivity index (χ1) is 15.9. The standard InChI is InChI=1S/C30H20N2/c1-5-16-27-23(12-1)24-13-2-6-17-28(24)31(27)21-10-9-11-22(20-21)32-29-18-7-3-14-25(29)26-15-4-8-19-30(26)32/h1-18,20,26H. The fourth-order valence-electron chi connectivity index (χ4n) is 5.27. The van der Waals surface area contributed by atoms with Crippen molar-refractivity contribution in [1.82, 2.24) is 4.57 Å². The van der Waals surface area contributed by atoms with Gasteiger partial charge in [-0.15, -0.1) is 0 Å². The van der Waals surface area contributed by atoms with Crippen molar-refractivity contribution in [3.63, 3.8) is 0 Å². The maximum absolute atomic E-state index is 3.51. The molecule has 0 spiro atoms. The minimum atomic E-state index is 0.257. The van der Waals surface area contributed by atoms with Gasteiger partial charge in [0.05, 0.1) is 28.3 Å². The molecule has 0 saturated heterocycles. The molecule has 32 heavy (non-hydrogen) atoms. The van der Waals surface area contributed by atoms with Crippen molar-refractivity contribution < 1.29 is 0 Å². The fourth-order valence-corrected chi connectivity index (χ4v) is 5.27. The molecule has 4 aromatic carbocycles. The number of fused-ring (bicyclic) bond motifs is 6. The van der Waals surface area contributed by atoms with Crippen molar-refractivity contribution in [3.05, 3.63) is 132 Å². The Bertz CT molecular complexity index is 1570. The number of anilines is 2. The Balaban J connectivity index is 1.47. The minimum absolute atomic E-state index is 0.257. The van der Waals surface area contributed by atoms with Crippen LogP contribution in [0.15, 0.2) is 127 Å². The molecule has 0 bridgehead atoms. The van der Waals surface area contributed by atoms with Gasteiger partial charge in [0.1, 0.15) is 0 Å². The van der Waals surface area contributed by atoms with E-state index in [4.69, 9.17) is 0 Å². The maximum atomic E-state index is 3.51. The molecule has 1 atom stereocenters. The predicted octanol–water partition coefficient (Wildman–Crippen LogP) is 7.63. The fraction of sp³-hybridized carbons (Fsp3) is 0.0333. The molecule has 1 unspecified atom stereocenters. The van der Waals surface area contributed by atoms with Gasteiger partial charge in [0.15, 0.2) is 0 Å². The van der Waals surface area contributed by atoms with Crippen LogP contribution in [0.4, 0.5) is 11.4 Å². The van der Waals surface area contributed by atoms with Crippen LogP contribution in [0.25, 0.3) is 27.5 Å². The van der Waals surface area contributed by atoms with E-state index in [1.807, 2.05) is 6.08 Å². The Labute approximate surface area is 186 Å². The van der Waals surface area contributed by atoms with Crippen molar-refractivity contribution in [1.29, 1.82) is 0 Å². The van der Waals surface area contributed by atoms with E-state index < -0.39 is 0 Å². The zero-order valence-electron chi connectivity index (χ0n) is 17.4. The number of hydrogen-bond acceptors (Lipinski definition) is 1. The molecular formula is C30H20N2. The Hall–Kier alpha value is -4.26. The number of para-hydroxylation sites is 3. The average Bonchev–Trinajstić information content (AvgIpc) is 3.37. The van der Waals surface area contributed by atoms with Crippen molar-refractivity contribution >= 4 is 33.2 Å². The van der Waals surface area contributed by atoms with Crippen LogP contribution in [0.3, 0.4) is 0 Å². The van der Waals surface area contributed by atoms with E-state index in [2.05, 4.69) is 124 Å². The van der Waals surface area contributed by atoms with Gasteiger partial charge in [-0.05, 0) is 48.0 Å². The molecule has 2 heterocycles. The molecule has 5 aromatic rings. The van der Waals surface area contributed by atoms with E-state index in [9.17, 15) is 0 Å². The number of benzene rings is 4. The number of hydrogen-bond donors (Lipinski definition) is 0.